The maximum atomic E-state index is 5.77. The van der Waals surface area contributed by atoms with Crippen LogP contribution in [0.4, 0.5) is 5.82 Å². The second-order valence-electron chi connectivity index (χ2n) is 5.17. The van der Waals surface area contributed by atoms with Crippen molar-refractivity contribution in [1.82, 2.24) is 20.2 Å². The van der Waals surface area contributed by atoms with Gasteiger partial charge < -0.3 is 21.7 Å². The molecule has 9 heteroatoms. The molecule has 0 unspecified atom stereocenters. The molecule has 0 radical (unpaired) electrons. The smallest absolute Gasteiger partial charge is 0.270 e. The van der Waals surface area contributed by atoms with Gasteiger partial charge in [-0.3, -0.25) is 0 Å². The number of hydrogen-bond donors (Lipinski definition) is 3. The van der Waals surface area contributed by atoms with Gasteiger partial charge in [-0.05, 0) is 0 Å². The Morgan fingerprint density at radius 3 is 2.55 bits per heavy atom. The van der Waals surface area contributed by atoms with E-state index in [1.54, 1.807) is 0 Å². The third kappa shape index (κ3) is 2.51. The third-order valence-corrected chi connectivity index (χ3v) is 2.47. The maximum Gasteiger partial charge on any atom is 0.270 e. The number of nitrogens with two attached hydrogens (primary N) is 3. The van der Waals surface area contributed by atoms with Crippen LogP contribution in [0.5, 0.6) is 0 Å². The van der Waals surface area contributed by atoms with Crippen LogP contribution < -0.4 is 17.3 Å². The van der Waals surface area contributed by atoms with E-state index in [1.807, 2.05) is 20.8 Å². The van der Waals surface area contributed by atoms with Crippen molar-refractivity contribution >= 4 is 11.7 Å². The molecule has 9 nitrogen and oxygen atoms in total. The van der Waals surface area contributed by atoms with Crippen molar-refractivity contribution in [3.63, 3.8) is 0 Å². The summed E-state index contributed by atoms with van der Waals surface area (Å²) in [6.45, 7) is 5.86. The van der Waals surface area contributed by atoms with Crippen molar-refractivity contribution in [2.45, 2.75) is 26.2 Å². The zero-order valence-corrected chi connectivity index (χ0v) is 11.5. The molecule has 0 bridgehead atoms. The molecule has 0 saturated heterocycles. The van der Waals surface area contributed by atoms with Gasteiger partial charge in [-0.2, -0.15) is 5.10 Å². The van der Waals surface area contributed by atoms with Crippen LogP contribution in [0.25, 0.3) is 11.6 Å². The lowest BCUT2D eigenvalue weighted by Crippen LogP contribution is -2.18. The van der Waals surface area contributed by atoms with Gasteiger partial charge in [0.05, 0.1) is 6.20 Å². The topological polar surface area (TPSA) is 155 Å². The number of amidine groups is 1. The highest BCUT2D eigenvalue weighted by Crippen LogP contribution is 2.26. The van der Waals surface area contributed by atoms with E-state index in [2.05, 4.69) is 25.3 Å². The Bertz CT molecular complexity index is 655. The lowest BCUT2D eigenvalue weighted by molar-refractivity contribution is 0.398. The molecule has 0 atom stereocenters. The second-order valence-corrected chi connectivity index (χ2v) is 5.17. The maximum absolute atomic E-state index is 5.77. The Hall–Kier alpha value is -2.71. The summed E-state index contributed by atoms with van der Waals surface area (Å²) in [7, 11) is 0. The van der Waals surface area contributed by atoms with Gasteiger partial charge in [-0.15, -0.1) is 10.2 Å². The first-order chi connectivity index (χ1) is 9.32. The van der Waals surface area contributed by atoms with Gasteiger partial charge in [0.15, 0.2) is 17.3 Å². The molecule has 2 aromatic rings. The number of hydrogen-bond acceptors (Lipinski definition) is 8. The molecule has 0 spiro atoms. The monoisotopic (exact) mass is 276 g/mol. The molecule has 0 aliphatic rings. The Morgan fingerprint density at radius 2 is 2.00 bits per heavy atom. The number of nitrogens with zero attached hydrogens (tertiary/aromatic N) is 5. The molecule has 2 aromatic heterocycles. The summed E-state index contributed by atoms with van der Waals surface area (Å²) in [6, 6.07) is 0. The van der Waals surface area contributed by atoms with Crippen LogP contribution in [0.1, 0.15) is 32.4 Å². The van der Waals surface area contributed by atoms with E-state index in [-0.39, 0.29) is 34.3 Å². The van der Waals surface area contributed by atoms with Crippen molar-refractivity contribution < 1.29 is 4.42 Å². The van der Waals surface area contributed by atoms with Crippen LogP contribution >= 0.6 is 0 Å². The van der Waals surface area contributed by atoms with E-state index in [9.17, 15) is 0 Å². The van der Waals surface area contributed by atoms with Crippen molar-refractivity contribution in [2.24, 2.45) is 16.7 Å². The van der Waals surface area contributed by atoms with Crippen LogP contribution in [-0.4, -0.2) is 26.0 Å². The molecule has 0 aromatic carbocycles. The molecule has 0 amide bonds. The number of hydrazone groups is 1. The highest BCUT2D eigenvalue weighted by atomic mass is 16.4. The number of anilines is 1. The van der Waals surface area contributed by atoms with E-state index in [1.165, 1.54) is 6.20 Å². The van der Waals surface area contributed by atoms with Gasteiger partial charge in [0.1, 0.15) is 5.69 Å². The predicted molar refractivity (Wildman–Crippen MR) is 73.3 cm³/mol. The quantitative estimate of drug-likeness (QED) is 0.299. The number of nitrogen functional groups attached to an aromatic ring is 1. The Balaban J connectivity index is 2.49. The van der Waals surface area contributed by atoms with Crippen molar-refractivity contribution in [1.29, 1.82) is 0 Å². The SMILES string of the molecule is CC(C)(C)c1nnc(-c2nc(C(N)=NN)cnc2N)o1. The summed E-state index contributed by atoms with van der Waals surface area (Å²) >= 11 is 0. The van der Waals surface area contributed by atoms with Gasteiger partial charge in [0.2, 0.25) is 5.89 Å². The average Bonchev–Trinajstić information content (AvgIpc) is 2.87. The first-order valence-electron chi connectivity index (χ1n) is 5.83. The Kier molecular flexibility index (Phi) is 3.26. The van der Waals surface area contributed by atoms with E-state index in [0.717, 1.165) is 0 Å². The minimum absolute atomic E-state index is 0.0364. The molecule has 6 N–H and O–H groups in total. The average molecular weight is 276 g/mol. The summed E-state index contributed by atoms with van der Waals surface area (Å²) in [5.74, 6) is 5.94. The molecule has 20 heavy (non-hydrogen) atoms. The first kappa shape index (κ1) is 13.7. The highest BCUT2D eigenvalue weighted by molar-refractivity contribution is 5.95. The van der Waals surface area contributed by atoms with E-state index >= 15 is 0 Å². The summed E-state index contributed by atoms with van der Waals surface area (Å²) in [4.78, 5) is 8.16. The zero-order chi connectivity index (χ0) is 14.9. The fraction of sp³-hybridized carbons (Fsp3) is 0.364. The highest BCUT2D eigenvalue weighted by Gasteiger charge is 2.23. The summed E-state index contributed by atoms with van der Waals surface area (Å²) < 4.78 is 5.57. The van der Waals surface area contributed by atoms with Gasteiger partial charge in [0.25, 0.3) is 5.89 Å². The fourth-order valence-electron chi connectivity index (χ4n) is 1.37. The Morgan fingerprint density at radius 1 is 1.30 bits per heavy atom. The molecule has 0 fully saturated rings. The molecular formula is C11H16N8O. The molecule has 2 heterocycles. The predicted octanol–water partition coefficient (Wildman–Crippen LogP) is -0.0147. The van der Waals surface area contributed by atoms with Crippen LogP contribution in [0.15, 0.2) is 15.7 Å². The molecular weight excluding hydrogens is 260 g/mol. The summed E-state index contributed by atoms with van der Waals surface area (Å²) in [6.07, 6.45) is 1.37. The fourth-order valence-corrected chi connectivity index (χ4v) is 1.37. The van der Waals surface area contributed by atoms with Crippen molar-refractivity contribution in [2.75, 3.05) is 5.73 Å². The van der Waals surface area contributed by atoms with Crippen LogP contribution in [0, 0.1) is 0 Å². The minimum atomic E-state index is -0.275. The normalized spacial score (nSPS) is 12.7. The molecule has 2 rings (SSSR count). The van der Waals surface area contributed by atoms with Gasteiger partial charge in [0, 0.05) is 5.41 Å². The number of rotatable bonds is 2. The van der Waals surface area contributed by atoms with Crippen molar-refractivity contribution in [3.8, 4) is 11.6 Å². The Labute approximate surface area is 115 Å². The van der Waals surface area contributed by atoms with Gasteiger partial charge in [-0.1, -0.05) is 20.8 Å². The summed E-state index contributed by atoms with van der Waals surface area (Å²) in [5, 5.41) is 11.3. The van der Waals surface area contributed by atoms with E-state index < -0.39 is 0 Å². The second kappa shape index (κ2) is 4.76. The molecule has 0 aliphatic heterocycles. The molecule has 0 saturated carbocycles. The van der Waals surface area contributed by atoms with Crippen LogP contribution in [0.3, 0.4) is 0 Å². The van der Waals surface area contributed by atoms with Crippen LogP contribution in [-0.2, 0) is 5.41 Å². The third-order valence-electron chi connectivity index (χ3n) is 2.47. The molecule has 106 valence electrons. The standard InChI is InChI=1S/C11H16N8O/c1-11(2,3)10-19-18-9(20-10)6-8(13)15-4-5(16-6)7(12)17-14/h4H,14H2,1-3H3,(H2,12,17)(H2,13,15). The van der Waals surface area contributed by atoms with E-state index in [4.69, 9.17) is 21.7 Å². The van der Waals surface area contributed by atoms with Crippen LogP contribution in [0.2, 0.25) is 0 Å². The molecule has 0 aliphatic carbocycles. The number of aromatic nitrogens is 4. The van der Waals surface area contributed by atoms with Gasteiger partial charge in [-0.25, -0.2) is 9.97 Å². The lowest BCUT2D eigenvalue weighted by atomic mass is 9.97. The minimum Gasteiger partial charge on any atom is -0.419 e. The lowest BCUT2D eigenvalue weighted by Gasteiger charge is -2.11. The zero-order valence-electron chi connectivity index (χ0n) is 11.5. The summed E-state index contributed by atoms with van der Waals surface area (Å²) in [5.41, 5.74) is 11.6. The van der Waals surface area contributed by atoms with E-state index in [0.29, 0.717) is 5.89 Å². The van der Waals surface area contributed by atoms with Gasteiger partial charge >= 0.3 is 0 Å². The first-order valence-corrected chi connectivity index (χ1v) is 5.83. The largest absolute Gasteiger partial charge is 0.419 e. The van der Waals surface area contributed by atoms with Crippen molar-refractivity contribution in [3.05, 3.63) is 17.8 Å².